The van der Waals surface area contributed by atoms with Gasteiger partial charge in [0.2, 0.25) is 0 Å². The molecule has 1 fully saturated rings. The van der Waals surface area contributed by atoms with Crippen LogP contribution < -0.4 is 0 Å². The van der Waals surface area contributed by atoms with Crippen molar-refractivity contribution in [3.05, 3.63) is 15.4 Å². The van der Waals surface area contributed by atoms with Crippen LogP contribution in [-0.2, 0) is 10.0 Å². The molecule has 1 aliphatic rings. The molecule has 0 amide bonds. The van der Waals surface area contributed by atoms with Crippen LogP contribution in [0.25, 0.3) is 0 Å². The molecular formula is C14H22BrNO2S2. The van der Waals surface area contributed by atoms with Gasteiger partial charge in [0.15, 0.2) is 0 Å². The zero-order valence-corrected chi connectivity index (χ0v) is 15.4. The highest BCUT2D eigenvalue weighted by Crippen LogP contribution is 2.34. The molecule has 1 aromatic heterocycles. The van der Waals surface area contributed by atoms with Gasteiger partial charge < -0.3 is 0 Å². The molecule has 20 heavy (non-hydrogen) atoms. The molecule has 0 aromatic carbocycles. The first-order chi connectivity index (χ1) is 9.32. The van der Waals surface area contributed by atoms with E-state index in [1.807, 2.05) is 6.92 Å². The van der Waals surface area contributed by atoms with Crippen LogP contribution in [0.2, 0.25) is 0 Å². The standard InChI is InChI=1S/C14H22BrNO2S2/c1-10(2)12-5-4-7-16(8-6-12)20(17,18)13-9-11(3)14(15)19-13/h9-10,12H,4-8H2,1-3H3. The molecule has 1 aromatic rings. The first-order valence-electron chi connectivity index (χ1n) is 7.08. The van der Waals surface area contributed by atoms with Gasteiger partial charge in [0.25, 0.3) is 10.0 Å². The maximum Gasteiger partial charge on any atom is 0.252 e. The number of thiophene rings is 1. The molecule has 0 radical (unpaired) electrons. The number of rotatable bonds is 3. The highest BCUT2D eigenvalue weighted by atomic mass is 79.9. The number of aryl methyl sites for hydroxylation is 1. The molecule has 0 aliphatic carbocycles. The summed E-state index contributed by atoms with van der Waals surface area (Å²) in [6, 6.07) is 1.77. The van der Waals surface area contributed by atoms with E-state index in [-0.39, 0.29) is 0 Å². The largest absolute Gasteiger partial charge is 0.252 e. The third kappa shape index (κ3) is 3.46. The van der Waals surface area contributed by atoms with E-state index in [0.29, 0.717) is 29.1 Å². The average Bonchev–Trinajstić information content (AvgIpc) is 2.61. The van der Waals surface area contributed by atoms with Crippen LogP contribution in [0.5, 0.6) is 0 Å². The molecule has 0 saturated carbocycles. The quantitative estimate of drug-likeness (QED) is 0.786. The summed E-state index contributed by atoms with van der Waals surface area (Å²) in [6.07, 6.45) is 3.08. The van der Waals surface area contributed by atoms with Crippen molar-refractivity contribution in [3.8, 4) is 0 Å². The van der Waals surface area contributed by atoms with Crippen molar-refractivity contribution in [2.24, 2.45) is 11.8 Å². The Balaban J connectivity index is 2.18. The zero-order valence-electron chi connectivity index (χ0n) is 12.2. The van der Waals surface area contributed by atoms with Gasteiger partial charge in [-0.1, -0.05) is 13.8 Å². The van der Waals surface area contributed by atoms with E-state index in [4.69, 9.17) is 0 Å². The summed E-state index contributed by atoms with van der Waals surface area (Å²) in [4.78, 5) is 0. The lowest BCUT2D eigenvalue weighted by molar-refractivity contribution is 0.341. The van der Waals surface area contributed by atoms with E-state index in [2.05, 4.69) is 29.8 Å². The lowest BCUT2D eigenvalue weighted by Gasteiger charge is -2.20. The minimum Gasteiger partial charge on any atom is -0.206 e. The highest BCUT2D eigenvalue weighted by molar-refractivity contribution is 9.11. The van der Waals surface area contributed by atoms with Gasteiger partial charge in [-0.15, -0.1) is 11.3 Å². The van der Waals surface area contributed by atoms with E-state index < -0.39 is 10.0 Å². The number of hydrogen-bond donors (Lipinski definition) is 0. The summed E-state index contributed by atoms with van der Waals surface area (Å²) in [5.74, 6) is 1.28. The lowest BCUT2D eigenvalue weighted by atomic mass is 9.89. The summed E-state index contributed by atoms with van der Waals surface area (Å²) in [5.41, 5.74) is 0.989. The maximum atomic E-state index is 12.7. The maximum absolute atomic E-state index is 12.7. The van der Waals surface area contributed by atoms with Gasteiger partial charge in [0.05, 0.1) is 3.79 Å². The molecule has 0 bridgehead atoms. The van der Waals surface area contributed by atoms with Crippen molar-refractivity contribution < 1.29 is 8.42 Å². The Bertz CT molecular complexity index is 546. The predicted molar refractivity (Wildman–Crippen MR) is 87.7 cm³/mol. The van der Waals surface area contributed by atoms with Gasteiger partial charge in [0.1, 0.15) is 4.21 Å². The van der Waals surface area contributed by atoms with E-state index >= 15 is 0 Å². The number of nitrogens with zero attached hydrogens (tertiary/aromatic N) is 1. The minimum atomic E-state index is -3.31. The molecular weight excluding hydrogens is 358 g/mol. The lowest BCUT2D eigenvalue weighted by Crippen LogP contribution is -2.31. The highest BCUT2D eigenvalue weighted by Gasteiger charge is 2.29. The summed E-state index contributed by atoms with van der Waals surface area (Å²) in [6.45, 7) is 7.69. The Labute approximate surface area is 134 Å². The van der Waals surface area contributed by atoms with Gasteiger partial charge in [0, 0.05) is 13.1 Å². The van der Waals surface area contributed by atoms with Crippen LogP contribution in [0, 0.1) is 18.8 Å². The van der Waals surface area contributed by atoms with Crippen LogP contribution in [0.15, 0.2) is 14.1 Å². The van der Waals surface area contributed by atoms with Gasteiger partial charge >= 0.3 is 0 Å². The molecule has 2 heterocycles. The summed E-state index contributed by atoms with van der Waals surface area (Å²) in [7, 11) is -3.31. The van der Waals surface area contributed by atoms with E-state index in [1.165, 1.54) is 11.3 Å². The number of halogens is 1. The molecule has 2 rings (SSSR count). The van der Waals surface area contributed by atoms with Gasteiger partial charge in [-0.2, -0.15) is 4.31 Å². The normalized spacial score (nSPS) is 22.1. The second-order valence-electron chi connectivity index (χ2n) is 5.86. The third-order valence-corrected chi connectivity index (χ3v) is 8.59. The van der Waals surface area contributed by atoms with Crippen molar-refractivity contribution in [2.45, 2.75) is 44.2 Å². The van der Waals surface area contributed by atoms with Crippen LogP contribution in [0.1, 0.15) is 38.7 Å². The fourth-order valence-electron chi connectivity index (χ4n) is 2.69. The van der Waals surface area contributed by atoms with E-state index in [9.17, 15) is 8.42 Å². The summed E-state index contributed by atoms with van der Waals surface area (Å²) < 4.78 is 28.4. The Hall–Kier alpha value is 0.0900. The Morgan fingerprint density at radius 1 is 1.35 bits per heavy atom. The van der Waals surface area contributed by atoms with Crippen molar-refractivity contribution in [3.63, 3.8) is 0 Å². The fourth-order valence-corrected chi connectivity index (χ4v) is 6.56. The topological polar surface area (TPSA) is 37.4 Å². The molecule has 1 unspecified atom stereocenters. The molecule has 0 spiro atoms. The minimum absolute atomic E-state index is 0.463. The summed E-state index contributed by atoms with van der Waals surface area (Å²) >= 11 is 4.73. The predicted octanol–water partition coefficient (Wildman–Crippen LogP) is 4.27. The third-order valence-electron chi connectivity index (χ3n) is 4.10. The number of hydrogen-bond acceptors (Lipinski definition) is 3. The smallest absolute Gasteiger partial charge is 0.206 e. The van der Waals surface area contributed by atoms with Gasteiger partial charge in [-0.3, -0.25) is 0 Å². The first-order valence-corrected chi connectivity index (χ1v) is 10.1. The molecule has 114 valence electrons. The van der Waals surface area contributed by atoms with Gasteiger partial charge in [-0.05, 0) is 65.6 Å². The SMILES string of the molecule is Cc1cc(S(=O)(=O)N2CCCC(C(C)C)CC2)sc1Br. The molecule has 1 saturated heterocycles. The molecule has 1 aliphatic heterocycles. The van der Waals surface area contributed by atoms with Crippen LogP contribution in [0.4, 0.5) is 0 Å². The average molecular weight is 380 g/mol. The molecule has 1 atom stereocenters. The van der Waals surface area contributed by atoms with E-state index in [0.717, 1.165) is 28.6 Å². The molecule has 0 N–H and O–H groups in total. The van der Waals surface area contributed by atoms with Crippen LogP contribution in [-0.4, -0.2) is 25.8 Å². The number of sulfonamides is 1. The Kier molecular flexibility index (Phi) is 5.32. The monoisotopic (exact) mass is 379 g/mol. The molecule has 6 heteroatoms. The zero-order chi connectivity index (χ0) is 14.9. The fraction of sp³-hybridized carbons (Fsp3) is 0.714. The first kappa shape index (κ1) is 16.5. The second-order valence-corrected chi connectivity index (χ2v) is 10.4. The van der Waals surface area contributed by atoms with Crippen molar-refractivity contribution in [1.82, 2.24) is 4.31 Å². The van der Waals surface area contributed by atoms with Gasteiger partial charge in [-0.25, -0.2) is 8.42 Å². The van der Waals surface area contributed by atoms with Crippen molar-refractivity contribution in [1.29, 1.82) is 0 Å². The van der Waals surface area contributed by atoms with Crippen molar-refractivity contribution >= 4 is 37.3 Å². The summed E-state index contributed by atoms with van der Waals surface area (Å²) in [5, 5.41) is 0. The Morgan fingerprint density at radius 2 is 2.05 bits per heavy atom. The van der Waals surface area contributed by atoms with Crippen molar-refractivity contribution in [2.75, 3.05) is 13.1 Å². The molecule has 3 nitrogen and oxygen atoms in total. The van der Waals surface area contributed by atoms with Crippen LogP contribution in [0.3, 0.4) is 0 Å². The Morgan fingerprint density at radius 3 is 2.60 bits per heavy atom. The second kappa shape index (κ2) is 6.46. The van der Waals surface area contributed by atoms with Crippen LogP contribution >= 0.6 is 27.3 Å². The van der Waals surface area contributed by atoms with E-state index in [1.54, 1.807) is 10.4 Å².